The van der Waals surface area contributed by atoms with Gasteiger partial charge >= 0.3 is 12.1 Å². The summed E-state index contributed by atoms with van der Waals surface area (Å²) >= 11 is 0. The number of carbonyl (C=O) groups is 3. The van der Waals surface area contributed by atoms with Crippen LogP contribution in [0, 0.1) is 5.92 Å². The number of carboxylic acid groups (broad SMARTS) is 1. The number of nitrogens with zero attached hydrogens (tertiary/aromatic N) is 1. The Morgan fingerprint density at radius 2 is 2.12 bits per heavy atom. The fourth-order valence-electron chi connectivity index (χ4n) is 1.94. The minimum atomic E-state index is -1.20. The van der Waals surface area contributed by atoms with Crippen molar-refractivity contribution in [3.05, 3.63) is 0 Å². The molecule has 7 nitrogen and oxygen atoms in total. The molecule has 3 N–H and O–H groups in total. The average Bonchev–Trinajstić information content (AvgIpc) is 2.28. The van der Waals surface area contributed by atoms with Crippen LogP contribution in [0.4, 0.5) is 4.79 Å². The third kappa shape index (κ3) is 3.08. The predicted octanol–water partition coefficient (Wildman–Crippen LogP) is -0.207. The lowest BCUT2D eigenvalue weighted by Crippen LogP contribution is -2.53. The Labute approximate surface area is 98.5 Å². The molecule has 0 aromatic rings. The van der Waals surface area contributed by atoms with E-state index in [4.69, 9.17) is 15.6 Å². The Bertz CT molecular complexity index is 331. The van der Waals surface area contributed by atoms with Gasteiger partial charge in [-0.1, -0.05) is 0 Å². The van der Waals surface area contributed by atoms with E-state index in [2.05, 4.69) is 0 Å². The van der Waals surface area contributed by atoms with Crippen molar-refractivity contribution in [3.8, 4) is 0 Å². The van der Waals surface area contributed by atoms with Crippen molar-refractivity contribution in [1.29, 1.82) is 0 Å². The van der Waals surface area contributed by atoms with E-state index in [1.807, 2.05) is 0 Å². The second-order valence-corrected chi connectivity index (χ2v) is 3.87. The smallest absolute Gasteiger partial charge is 0.407 e. The first-order valence-electron chi connectivity index (χ1n) is 5.42. The van der Waals surface area contributed by atoms with Crippen LogP contribution in [0.1, 0.15) is 19.8 Å². The standard InChI is InChI=1S/C10H16N2O5/c1-2-17-9(14)6-3-4-12(10(15)16)7(5-6)8(11)13/h6-7H,2-5H2,1H3,(H2,11,13)(H,15,16). The van der Waals surface area contributed by atoms with E-state index in [1.165, 1.54) is 0 Å². The van der Waals surface area contributed by atoms with Gasteiger partial charge in [-0.15, -0.1) is 0 Å². The van der Waals surface area contributed by atoms with Crippen LogP contribution in [-0.2, 0) is 14.3 Å². The molecule has 1 aliphatic heterocycles. The Hall–Kier alpha value is -1.79. The van der Waals surface area contributed by atoms with Crippen LogP contribution in [0.15, 0.2) is 0 Å². The van der Waals surface area contributed by atoms with E-state index in [-0.39, 0.29) is 19.6 Å². The number of hydrogen-bond donors (Lipinski definition) is 2. The number of hydrogen-bond acceptors (Lipinski definition) is 4. The highest BCUT2D eigenvalue weighted by molar-refractivity contribution is 5.85. The third-order valence-corrected chi connectivity index (χ3v) is 2.80. The van der Waals surface area contributed by atoms with Crippen LogP contribution >= 0.6 is 0 Å². The maximum absolute atomic E-state index is 11.5. The predicted molar refractivity (Wildman–Crippen MR) is 57.1 cm³/mol. The molecule has 0 saturated carbocycles. The molecular weight excluding hydrogens is 228 g/mol. The van der Waals surface area contributed by atoms with E-state index >= 15 is 0 Å². The molecule has 0 spiro atoms. The summed E-state index contributed by atoms with van der Waals surface area (Å²) in [6.07, 6.45) is -0.744. The molecule has 0 radical (unpaired) electrons. The fraction of sp³-hybridized carbons (Fsp3) is 0.700. The summed E-state index contributed by atoms with van der Waals surface area (Å²) < 4.78 is 4.85. The van der Waals surface area contributed by atoms with Crippen LogP contribution < -0.4 is 5.73 Å². The molecule has 0 aromatic heterocycles. The second kappa shape index (κ2) is 5.51. The molecule has 96 valence electrons. The van der Waals surface area contributed by atoms with E-state index < -0.39 is 29.9 Å². The number of amides is 2. The van der Waals surface area contributed by atoms with Gasteiger partial charge in [0.05, 0.1) is 12.5 Å². The van der Waals surface area contributed by atoms with Crippen LogP contribution in [0.2, 0.25) is 0 Å². The van der Waals surface area contributed by atoms with Crippen molar-refractivity contribution < 1.29 is 24.2 Å². The third-order valence-electron chi connectivity index (χ3n) is 2.80. The average molecular weight is 244 g/mol. The molecule has 2 atom stereocenters. The molecule has 1 fully saturated rings. The Morgan fingerprint density at radius 3 is 2.59 bits per heavy atom. The molecule has 0 bridgehead atoms. The number of nitrogens with two attached hydrogens (primary N) is 1. The minimum Gasteiger partial charge on any atom is -0.466 e. The molecule has 7 heteroatoms. The maximum Gasteiger partial charge on any atom is 0.407 e. The molecule has 1 rings (SSSR count). The first-order valence-corrected chi connectivity index (χ1v) is 5.42. The zero-order valence-electron chi connectivity index (χ0n) is 9.59. The number of carbonyl (C=O) groups excluding carboxylic acids is 2. The number of ether oxygens (including phenoxy) is 1. The van der Waals surface area contributed by atoms with Crippen LogP contribution in [0.3, 0.4) is 0 Å². The Morgan fingerprint density at radius 1 is 1.47 bits per heavy atom. The monoisotopic (exact) mass is 244 g/mol. The Balaban J connectivity index is 2.72. The van der Waals surface area contributed by atoms with Gasteiger partial charge in [-0.2, -0.15) is 0 Å². The lowest BCUT2D eigenvalue weighted by Gasteiger charge is -2.34. The van der Waals surface area contributed by atoms with Crippen LogP contribution in [-0.4, -0.2) is 47.2 Å². The highest BCUT2D eigenvalue weighted by atomic mass is 16.5. The first kappa shape index (κ1) is 13.3. The molecule has 17 heavy (non-hydrogen) atoms. The summed E-state index contributed by atoms with van der Waals surface area (Å²) in [6, 6.07) is -0.948. The van der Waals surface area contributed by atoms with Gasteiger partial charge in [-0.25, -0.2) is 4.79 Å². The summed E-state index contributed by atoms with van der Waals surface area (Å²) in [4.78, 5) is 34.5. The minimum absolute atomic E-state index is 0.0977. The van der Waals surface area contributed by atoms with Crippen molar-refractivity contribution in [2.24, 2.45) is 11.7 Å². The van der Waals surface area contributed by atoms with E-state index in [9.17, 15) is 14.4 Å². The zero-order chi connectivity index (χ0) is 13.0. The highest BCUT2D eigenvalue weighted by Crippen LogP contribution is 2.24. The number of rotatable bonds is 3. The quantitative estimate of drug-likeness (QED) is 0.667. The van der Waals surface area contributed by atoms with Gasteiger partial charge in [0.25, 0.3) is 0 Å². The molecular formula is C10H16N2O5. The van der Waals surface area contributed by atoms with E-state index in [1.54, 1.807) is 6.92 Å². The summed E-state index contributed by atoms with van der Waals surface area (Å²) in [5.41, 5.74) is 5.14. The summed E-state index contributed by atoms with van der Waals surface area (Å²) in [5.74, 6) is -1.59. The van der Waals surface area contributed by atoms with Crippen molar-refractivity contribution >= 4 is 18.0 Å². The van der Waals surface area contributed by atoms with Crippen molar-refractivity contribution in [1.82, 2.24) is 4.90 Å². The fourth-order valence-corrected chi connectivity index (χ4v) is 1.94. The SMILES string of the molecule is CCOC(=O)C1CCN(C(=O)O)C(C(N)=O)C1. The van der Waals surface area contributed by atoms with Gasteiger partial charge in [-0.05, 0) is 19.8 Å². The van der Waals surface area contributed by atoms with E-state index in [0.717, 1.165) is 4.90 Å². The topological polar surface area (TPSA) is 110 Å². The maximum atomic E-state index is 11.5. The number of primary amides is 1. The lowest BCUT2D eigenvalue weighted by molar-refractivity contribution is -0.150. The number of piperidine rings is 1. The van der Waals surface area contributed by atoms with E-state index in [0.29, 0.717) is 6.42 Å². The molecule has 2 amide bonds. The molecule has 0 aliphatic carbocycles. The normalized spacial score (nSPS) is 24.2. The Kier molecular flexibility index (Phi) is 4.30. The largest absolute Gasteiger partial charge is 0.466 e. The van der Waals surface area contributed by atoms with Crippen molar-refractivity contribution in [2.45, 2.75) is 25.8 Å². The van der Waals surface area contributed by atoms with Crippen LogP contribution in [0.25, 0.3) is 0 Å². The van der Waals surface area contributed by atoms with Crippen molar-refractivity contribution in [2.75, 3.05) is 13.2 Å². The molecule has 1 saturated heterocycles. The summed E-state index contributed by atoms with van der Waals surface area (Å²) in [6.45, 7) is 2.07. The first-order chi connectivity index (χ1) is 7.97. The molecule has 1 heterocycles. The number of likely N-dealkylation sites (tertiary alicyclic amines) is 1. The van der Waals surface area contributed by atoms with Gasteiger partial charge < -0.3 is 15.6 Å². The molecule has 1 aliphatic rings. The molecule has 2 unspecified atom stereocenters. The van der Waals surface area contributed by atoms with Gasteiger partial charge in [0, 0.05) is 6.54 Å². The van der Waals surface area contributed by atoms with Gasteiger partial charge in [0.15, 0.2) is 0 Å². The number of esters is 1. The zero-order valence-corrected chi connectivity index (χ0v) is 9.59. The van der Waals surface area contributed by atoms with Gasteiger partial charge in [-0.3, -0.25) is 14.5 Å². The van der Waals surface area contributed by atoms with Crippen molar-refractivity contribution in [3.63, 3.8) is 0 Å². The summed E-state index contributed by atoms with van der Waals surface area (Å²) in [7, 11) is 0. The molecule has 0 aromatic carbocycles. The highest BCUT2D eigenvalue weighted by Gasteiger charge is 2.38. The van der Waals surface area contributed by atoms with Crippen LogP contribution in [0.5, 0.6) is 0 Å². The second-order valence-electron chi connectivity index (χ2n) is 3.87. The lowest BCUT2D eigenvalue weighted by atomic mass is 9.91. The van der Waals surface area contributed by atoms with Gasteiger partial charge in [0.1, 0.15) is 6.04 Å². The summed E-state index contributed by atoms with van der Waals surface area (Å²) in [5, 5.41) is 8.89. The van der Waals surface area contributed by atoms with Gasteiger partial charge in [0.2, 0.25) is 5.91 Å².